The number of benzene rings is 10. The molecule has 0 saturated heterocycles. The third-order valence-corrected chi connectivity index (χ3v) is 12.8. The summed E-state index contributed by atoms with van der Waals surface area (Å²) in [5.41, 5.74) is 17.9. The molecule has 2 heteroatoms. The van der Waals surface area contributed by atoms with E-state index in [0.29, 0.717) is 0 Å². The van der Waals surface area contributed by atoms with Crippen molar-refractivity contribution in [1.29, 1.82) is 0 Å². The Bertz CT molecular complexity index is 3620. The van der Waals surface area contributed by atoms with E-state index in [0.717, 1.165) is 72.8 Å². The lowest BCUT2D eigenvalue weighted by atomic mass is 9.94. The molecule has 2 nitrogen and oxygen atoms in total. The number of hydrogen-bond acceptors (Lipinski definition) is 1. The second-order valence-electron chi connectivity index (χ2n) is 16.7. The van der Waals surface area contributed by atoms with Crippen LogP contribution in [0.4, 0.5) is 17.1 Å². The van der Waals surface area contributed by atoms with Gasteiger partial charge in [0.05, 0.1) is 22.4 Å². The second kappa shape index (κ2) is 16.7. The molecule has 12 rings (SSSR count). The molecule has 0 spiro atoms. The average Bonchev–Trinajstić information content (AvgIpc) is 3.74. The Morgan fingerprint density at radius 3 is 1.53 bits per heavy atom. The number of aromatic nitrogens is 1. The summed E-state index contributed by atoms with van der Waals surface area (Å²) in [5.74, 6) is 0. The first-order valence-corrected chi connectivity index (χ1v) is 22.5. The molecule has 0 aliphatic carbocycles. The van der Waals surface area contributed by atoms with Crippen LogP contribution in [0.2, 0.25) is 0 Å². The Kier molecular flexibility index (Phi) is 9.78. The van der Waals surface area contributed by atoms with Crippen LogP contribution in [0, 0.1) is 12.1 Å². The van der Waals surface area contributed by atoms with Crippen molar-refractivity contribution in [1.82, 2.24) is 4.57 Å². The van der Waals surface area contributed by atoms with Gasteiger partial charge in [-0.15, -0.1) is 0 Å². The lowest BCUT2D eigenvalue weighted by Gasteiger charge is -2.29. The molecule has 0 fully saturated rings. The van der Waals surface area contributed by atoms with Gasteiger partial charge in [0.15, 0.2) is 0 Å². The zero-order chi connectivity index (χ0) is 43.8. The van der Waals surface area contributed by atoms with Crippen LogP contribution in [0.5, 0.6) is 0 Å². The van der Waals surface area contributed by atoms with E-state index in [1.807, 2.05) is 6.07 Å². The van der Waals surface area contributed by atoms with Gasteiger partial charge in [-0.25, -0.2) is 0 Å². The maximum atomic E-state index is 3.45. The zero-order valence-corrected chi connectivity index (χ0v) is 36.1. The van der Waals surface area contributed by atoms with Gasteiger partial charge in [0.2, 0.25) is 0 Å². The number of rotatable bonds is 9. The summed E-state index contributed by atoms with van der Waals surface area (Å²) in [7, 11) is 0. The van der Waals surface area contributed by atoms with Gasteiger partial charge in [0.1, 0.15) is 0 Å². The summed E-state index contributed by atoms with van der Waals surface area (Å²) >= 11 is 0. The van der Waals surface area contributed by atoms with E-state index in [1.165, 1.54) is 38.1 Å². The van der Waals surface area contributed by atoms with Crippen LogP contribution in [0.25, 0.3) is 93.9 Å². The average molecular weight is 839 g/mol. The predicted octanol–water partition coefficient (Wildman–Crippen LogP) is 17.3. The topological polar surface area (TPSA) is 8.17 Å². The number of para-hydroxylation sites is 3. The monoisotopic (exact) mass is 838 g/mol. The maximum Gasteiger partial charge on any atom is 0.0541 e. The van der Waals surface area contributed by atoms with Crippen LogP contribution >= 0.6 is 0 Å². The number of nitrogens with zero attached hydrogens (tertiary/aromatic N) is 2. The van der Waals surface area contributed by atoms with Gasteiger partial charge in [-0.1, -0.05) is 200 Å². The van der Waals surface area contributed by atoms with Crippen molar-refractivity contribution in [2.24, 2.45) is 0 Å². The first-order chi connectivity index (χ1) is 32.7. The molecular weight excluding hydrogens is 797 g/mol. The van der Waals surface area contributed by atoms with Crippen LogP contribution < -0.4 is 4.90 Å². The summed E-state index contributed by atoms with van der Waals surface area (Å²) in [6.45, 7) is 0. The Balaban J connectivity index is 1.03. The molecule has 0 unspecified atom stereocenters. The first kappa shape index (κ1) is 38.7. The minimum Gasteiger partial charge on any atom is -0.310 e. The molecule has 0 amide bonds. The fourth-order valence-corrected chi connectivity index (χ4v) is 9.69. The Hall–Kier alpha value is -8.90. The van der Waals surface area contributed by atoms with Crippen molar-refractivity contribution in [2.45, 2.75) is 0 Å². The van der Waals surface area contributed by atoms with Crippen LogP contribution in [0.3, 0.4) is 0 Å². The third kappa shape index (κ3) is 6.97. The van der Waals surface area contributed by atoms with Gasteiger partial charge in [-0.05, 0) is 111 Å². The highest BCUT2D eigenvalue weighted by Crippen LogP contribution is 2.45. The Morgan fingerprint density at radius 1 is 0.303 bits per heavy atom. The molecule has 66 heavy (non-hydrogen) atoms. The van der Waals surface area contributed by atoms with Gasteiger partial charge in [0, 0.05) is 44.4 Å². The van der Waals surface area contributed by atoms with Crippen molar-refractivity contribution >= 4 is 49.6 Å². The molecule has 12 aromatic rings. The fraction of sp³-hybridized carbons (Fsp3) is 0. The standard InChI is InChI=1S/C64H42N2/c1-3-17-45(18-4-1)46-33-35-47(36-34-46)48-37-40-53(41-38-48)65(54-24-15-23-51(43-54)56-29-16-22-49-21-7-8-25-55(49)56)64-42-39-52(44-60(64)50-19-5-2-6-20-50)57-26-9-12-30-61(57)66-62-31-13-10-27-58(62)59-28-11-14-32-63(59)66/h1-33,35,37-44H. The fourth-order valence-electron chi connectivity index (χ4n) is 9.69. The molecule has 0 bridgehead atoms. The number of fused-ring (bicyclic) bond motifs is 4. The molecule has 0 aliphatic heterocycles. The second-order valence-corrected chi connectivity index (χ2v) is 16.7. The molecular formula is C64H42N2. The maximum absolute atomic E-state index is 3.45. The van der Waals surface area contributed by atoms with E-state index < -0.39 is 0 Å². The molecule has 0 radical (unpaired) electrons. The normalized spacial score (nSPS) is 11.2. The van der Waals surface area contributed by atoms with Crippen molar-refractivity contribution in [3.05, 3.63) is 267 Å². The molecule has 11 aromatic carbocycles. The predicted molar refractivity (Wildman–Crippen MR) is 278 cm³/mol. The molecule has 1 heterocycles. The van der Waals surface area contributed by atoms with Crippen LogP contribution in [0.15, 0.2) is 255 Å². The van der Waals surface area contributed by atoms with Crippen LogP contribution in [-0.4, -0.2) is 4.57 Å². The van der Waals surface area contributed by atoms with Gasteiger partial charge in [0.25, 0.3) is 0 Å². The highest BCUT2D eigenvalue weighted by molar-refractivity contribution is 6.10. The van der Waals surface area contributed by atoms with E-state index in [-0.39, 0.29) is 0 Å². The summed E-state index contributed by atoms with van der Waals surface area (Å²) in [6, 6.07) is 98.7. The summed E-state index contributed by atoms with van der Waals surface area (Å²) in [4.78, 5) is 2.41. The van der Waals surface area contributed by atoms with E-state index in [9.17, 15) is 0 Å². The summed E-state index contributed by atoms with van der Waals surface area (Å²) in [5, 5.41) is 4.95. The highest BCUT2D eigenvalue weighted by atomic mass is 15.1. The molecule has 1 aromatic heterocycles. The largest absolute Gasteiger partial charge is 0.310 e. The van der Waals surface area contributed by atoms with E-state index >= 15 is 0 Å². The smallest absolute Gasteiger partial charge is 0.0541 e. The lowest BCUT2D eigenvalue weighted by molar-refractivity contribution is 1.18. The molecule has 0 atom stereocenters. The van der Waals surface area contributed by atoms with Gasteiger partial charge >= 0.3 is 0 Å². The first-order valence-electron chi connectivity index (χ1n) is 22.5. The van der Waals surface area contributed by atoms with Gasteiger partial charge < -0.3 is 9.47 Å². The summed E-state index contributed by atoms with van der Waals surface area (Å²) in [6.07, 6.45) is 0. The highest BCUT2D eigenvalue weighted by Gasteiger charge is 2.21. The van der Waals surface area contributed by atoms with E-state index in [2.05, 4.69) is 270 Å². The molecule has 0 aliphatic rings. The molecule has 0 saturated carbocycles. The van der Waals surface area contributed by atoms with Crippen LogP contribution in [0.1, 0.15) is 0 Å². The lowest BCUT2D eigenvalue weighted by Crippen LogP contribution is -2.11. The zero-order valence-electron chi connectivity index (χ0n) is 36.1. The number of hydrogen-bond donors (Lipinski definition) is 0. The Labute approximate surface area is 385 Å². The van der Waals surface area contributed by atoms with Crippen molar-refractivity contribution in [2.75, 3.05) is 4.90 Å². The summed E-state index contributed by atoms with van der Waals surface area (Å²) < 4.78 is 2.42. The van der Waals surface area contributed by atoms with Crippen molar-refractivity contribution in [3.8, 4) is 61.3 Å². The minimum absolute atomic E-state index is 1.00. The third-order valence-electron chi connectivity index (χ3n) is 12.8. The van der Waals surface area contributed by atoms with E-state index in [4.69, 9.17) is 0 Å². The molecule has 0 N–H and O–H groups in total. The number of anilines is 3. The quantitative estimate of drug-likeness (QED) is 0.141. The van der Waals surface area contributed by atoms with Crippen molar-refractivity contribution in [3.63, 3.8) is 0 Å². The van der Waals surface area contributed by atoms with Gasteiger partial charge in [-0.2, -0.15) is 0 Å². The van der Waals surface area contributed by atoms with Crippen LogP contribution in [-0.2, 0) is 0 Å². The molecule has 308 valence electrons. The Morgan fingerprint density at radius 2 is 0.818 bits per heavy atom. The van der Waals surface area contributed by atoms with Gasteiger partial charge in [-0.3, -0.25) is 0 Å². The minimum atomic E-state index is 1.00. The van der Waals surface area contributed by atoms with Crippen molar-refractivity contribution < 1.29 is 0 Å². The SMILES string of the molecule is c1c(-c2ccccc2)ccc(-c2ccc(N(c3cccc(-c4cccc5ccccc45)c3)c3ccc(-c4ccccc4-n4c5ccccc5c5ccccc54)cc3-c3ccccc3)cc2)c#1. The van der Waals surface area contributed by atoms with E-state index in [1.54, 1.807) is 0 Å².